The van der Waals surface area contributed by atoms with Gasteiger partial charge in [0, 0.05) is 10.6 Å². The normalized spacial score (nSPS) is 10.6. The second-order valence-electron chi connectivity index (χ2n) is 8.06. The van der Waals surface area contributed by atoms with Gasteiger partial charge in [0.15, 0.2) is 0 Å². The van der Waals surface area contributed by atoms with Crippen LogP contribution in [0.25, 0.3) is 0 Å². The zero-order chi connectivity index (χ0) is 25.6. The minimum absolute atomic E-state index is 0.0698. The molecule has 190 valence electrons. The Kier molecular flexibility index (Phi) is 11.5. The Morgan fingerprint density at radius 3 is 2.39 bits per heavy atom. The average molecular weight is 528 g/mol. The van der Waals surface area contributed by atoms with Crippen LogP contribution in [0.5, 0.6) is 11.5 Å². The number of benzene rings is 3. The van der Waals surface area contributed by atoms with Crippen LogP contribution in [0.2, 0.25) is 5.02 Å². The van der Waals surface area contributed by atoms with Gasteiger partial charge in [0.05, 0.1) is 24.7 Å². The molecule has 6 nitrogen and oxygen atoms in total. The molecule has 0 fully saturated rings. The van der Waals surface area contributed by atoms with Gasteiger partial charge in [0.25, 0.3) is 5.91 Å². The maximum atomic E-state index is 12.8. The summed E-state index contributed by atoms with van der Waals surface area (Å²) < 4.78 is 11.6. The topological polar surface area (TPSA) is 84.9 Å². The zero-order valence-electron chi connectivity index (χ0n) is 20.0. The summed E-state index contributed by atoms with van der Waals surface area (Å²) in [6.07, 6.45) is 3.71. The van der Waals surface area contributed by atoms with Gasteiger partial charge in [0.1, 0.15) is 11.5 Å². The van der Waals surface area contributed by atoms with Crippen LogP contribution in [-0.2, 0) is 11.2 Å². The van der Waals surface area contributed by atoms with Gasteiger partial charge in [-0.25, -0.2) is 0 Å². The van der Waals surface area contributed by atoms with E-state index in [0.29, 0.717) is 47.4 Å². The molecule has 0 bridgehead atoms. The standard InChI is InChI=1S/C28H30ClNO5S/c29-23-12-15-26(35-17-6-18-36-20-27(31)32)25(19-23)30-28(33)22-10-13-24(14-11-22)34-16-5-4-9-21-7-2-1-3-8-21/h1-3,7-8,10-15,19H,4-6,9,16-18,20H2,(H,30,33)(H,31,32). The molecule has 3 aromatic rings. The summed E-state index contributed by atoms with van der Waals surface area (Å²) in [7, 11) is 0. The number of carbonyl (C=O) groups excluding carboxylic acids is 1. The maximum absolute atomic E-state index is 12.8. The number of aliphatic carboxylic acids is 1. The Balaban J connectivity index is 1.44. The number of unbranched alkanes of at least 4 members (excludes halogenated alkanes) is 1. The number of aryl methyl sites for hydroxylation is 1. The van der Waals surface area contributed by atoms with Crippen LogP contribution in [0.4, 0.5) is 5.69 Å². The van der Waals surface area contributed by atoms with Gasteiger partial charge < -0.3 is 19.9 Å². The van der Waals surface area contributed by atoms with Crippen molar-refractivity contribution in [3.63, 3.8) is 0 Å². The van der Waals surface area contributed by atoms with Crippen molar-refractivity contribution in [3.05, 3.63) is 88.9 Å². The summed E-state index contributed by atoms with van der Waals surface area (Å²) >= 11 is 7.46. The fourth-order valence-corrected chi connectivity index (χ4v) is 4.20. The molecule has 0 spiro atoms. The van der Waals surface area contributed by atoms with E-state index in [1.54, 1.807) is 42.5 Å². The van der Waals surface area contributed by atoms with Gasteiger partial charge in [-0.2, -0.15) is 11.8 Å². The van der Waals surface area contributed by atoms with Crippen molar-refractivity contribution in [1.29, 1.82) is 0 Å². The largest absolute Gasteiger partial charge is 0.494 e. The minimum Gasteiger partial charge on any atom is -0.494 e. The second-order valence-corrected chi connectivity index (χ2v) is 9.60. The molecule has 1 amide bonds. The Bertz CT molecular complexity index is 1110. The lowest BCUT2D eigenvalue weighted by molar-refractivity contribution is -0.133. The van der Waals surface area contributed by atoms with E-state index >= 15 is 0 Å². The molecule has 0 saturated heterocycles. The third kappa shape index (κ3) is 9.84. The van der Waals surface area contributed by atoms with Crippen LogP contribution in [0.3, 0.4) is 0 Å². The first-order chi connectivity index (χ1) is 17.5. The van der Waals surface area contributed by atoms with Crippen molar-refractivity contribution in [2.45, 2.75) is 25.7 Å². The van der Waals surface area contributed by atoms with Crippen molar-refractivity contribution in [2.75, 3.05) is 30.0 Å². The van der Waals surface area contributed by atoms with E-state index in [1.807, 2.05) is 6.07 Å². The monoisotopic (exact) mass is 527 g/mol. The summed E-state index contributed by atoms with van der Waals surface area (Å²) in [5.74, 6) is 0.851. The zero-order valence-corrected chi connectivity index (χ0v) is 21.5. The lowest BCUT2D eigenvalue weighted by Crippen LogP contribution is -2.13. The van der Waals surface area contributed by atoms with Gasteiger partial charge in [0.2, 0.25) is 0 Å². The van der Waals surface area contributed by atoms with Crippen LogP contribution in [0, 0.1) is 0 Å². The molecule has 2 N–H and O–H groups in total. The van der Waals surface area contributed by atoms with Gasteiger partial charge in [-0.15, -0.1) is 0 Å². The average Bonchev–Trinajstić information content (AvgIpc) is 2.88. The van der Waals surface area contributed by atoms with E-state index in [-0.39, 0.29) is 11.7 Å². The smallest absolute Gasteiger partial charge is 0.313 e. The molecule has 0 aliphatic heterocycles. The molecule has 0 saturated carbocycles. The molecule has 0 heterocycles. The SMILES string of the molecule is O=C(O)CSCCCOc1ccc(Cl)cc1NC(=O)c1ccc(OCCCCc2ccccc2)cc1. The fraction of sp³-hybridized carbons (Fsp3) is 0.286. The molecule has 8 heteroatoms. The number of ether oxygens (including phenoxy) is 2. The Labute approximate surface area is 221 Å². The molecule has 3 aromatic carbocycles. The third-order valence-electron chi connectivity index (χ3n) is 5.19. The van der Waals surface area contributed by atoms with E-state index in [4.69, 9.17) is 26.2 Å². The van der Waals surface area contributed by atoms with E-state index < -0.39 is 5.97 Å². The third-order valence-corrected chi connectivity index (χ3v) is 6.46. The summed E-state index contributed by atoms with van der Waals surface area (Å²) in [6.45, 7) is 1.02. The van der Waals surface area contributed by atoms with E-state index in [2.05, 4.69) is 29.6 Å². The highest BCUT2D eigenvalue weighted by atomic mass is 35.5. The van der Waals surface area contributed by atoms with E-state index in [9.17, 15) is 9.59 Å². The van der Waals surface area contributed by atoms with E-state index in [1.165, 1.54) is 17.3 Å². The predicted molar refractivity (Wildman–Crippen MR) is 146 cm³/mol. The van der Waals surface area contributed by atoms with Crippen molar-refractivity contribution >= 4 is 40.9 Å². The summed E-state index contributed by atoms with van der Waals surface area (Å²) in [5.41, 5.74) is 2.29. The van der Waals surface area contributed by atoms with Gasteiger partial charge >= 0.3 is 5.97 Å². The molecule has 0 aliphatic rings. The number of halogens is 1. The molecular weight excluding hydrogens is 498 g/mol. The van der Waals surface area contributed by atoms with Crippen molar-refractivity contribution in [1.82, 2.24) is 0 Å². The molecule has 36 heavy (non-hydrogen) atoms. The highest BCUT2D eigenvalue weighted by molar-refractivity contribution is 7.99. The number of anilines is 1. The number of carboxylic acid groups (broad SMARTS) is 1. The number of carboxylic acids is 1. The first-order valence-corrected chi connectivity index (χ1v) is 13.3. The number of carbonyl (C=O) groups is 2. The number of nitrogens with one attached hydrogen (secondary N) is 1. The van der Waals surface area contributed by atoms with Crippen LogP contribution in [-0.4, -0.2) is 41.7 Å². The second kappa shape index (κ2) is 15.1. The highest BCUT2D eigenvalue weighted by Gasteiger charge is 2.11. The van der Waals surface area contributed by atoms with Crippen LogP contribution >= 0.6 is 23.4 Å². The van der Waals surface area contributed by atoms with Crippen LogP contribution < -0.4 is 14.8 Å². The van der Waals surface area contributed by atoms with Gasteiger partial charge in [-0.1, -0.05) is 41.9 Å². The number of hydrogen-bond donors (Lipinski definition) is 2. The summed E-state index contributed by atoms with van der Waals surface area (Å²) in [6, 6.07) is 22.4. The van der Waals surface area contributed by atoms with Crippen molar-refractivity contribution in [3.8, 4) is 11.5 Å². The quantitative estimate of drug-likeness (QED) is 0.217. The number of amides is 1. The Morgan fingerprint density at radius 1 is 0.889 bits per heavy atom. The van der Waals surface area contributed by atoms with Gasteiger partial charge in [-0.3, -0.25) is 9.59 Å². The number of thioether (sulfide) groups is 1. The maximum Gasteiger partial charge on any atom is 0.313 e. The van der Waals surface area contributed by atoms with Gasteiger partial charge in [-0.05, 0) is 79.5 Å². The lowest BCUT2D eigenvalue weighted by Gasteiger charge is -2.13. The molecule has 3 rings (SSSR count). The molecule has 0 radical (unpaired) electrons. The summed E-state index contributed by atoms with van der Waals surface area (Å²) in [5, 5.41) is 12.0. The highest BCUT2D eigenvalue weighted by Crippen LogP contribution is 2.29. The molecule has 0 unspecified atom stereocenters. The summed E-state index contributed by atoms with van der Waals surface area (Å²) in [4.78, 5) is 23.4. The predicted octanol–water partition coefficient (Wildman–Crippen LogP) is 6.58. The van der Waals surface area contributed by atoms with Crippen LogP contribution in [0.1, 0.15) is 35.2 Å². The molecular formula is C28H30ClNO5S. The number of hydrogen-bond acceptors (Lipinski definition) is 5. The van der Waals surface area contributed by atoms with E-state index in [0.717, 1.165) is 25.0 Å². The van der Waals surface area contributed by atoms with Crippen LogP contribution in [0.15, 0.2) is 72.8 Å². The Morgan fingerprint density at radius 2 is 1.64 bits per heavy atom. The Hall–Kier alpha value is -3.16. The number of rotatable bonds is 15. The first kappa shape index (κ1) is 27.4. The molecule has 0 aromatic heterocycles. The first-order valence-electron chi connectivity index (χ1n) is 11.8. The lowest BCUT2D eigenvalue weighted by atomic mass is 10.1. The fourth-order valence-electron chi connectivity index (χ4n) is 3.39. The minimum atomic E-state index is -0.831. The molecule has 0 aliphatic carbocycles. The van der Waals surface area contributed by atoms with Crippen molar-refractivity contribution in [2.24, 2.45) is 0 Å². The molecule has 0 atom stereocenters. The van der Waals surface area contributed by atoms with Crippen molar-refractivity contribution < 1.29 is 24.2 Å².